The molecular weight excluding hydrogens is 168 g/mol. The molecule has 0 heterocycles. The van der Waals surface area contributed by atoms with Gasteiger partial charge in [0.05, 0.1) is 13.2 Å². The Kier molecular flexibility index (Phi) is 8.33. The van der Waals surface area contributed by atoms with Crippen molar-refractivity contribution in [3.05, 3.63) is 0 Å². The molecule has 4 nitrogen and oxygen atoms in total. The Bertz CT molecular complexity index is 110. The predicted molar refractivity (Wildman–Crippen MR) is 52.1 cm³/mol. The second-order valence-electron chi connectivity index (χ2n) is 3.27. The Morgan fingerprint density at radius 3 is 2.69 bits per heavy atom. The maximum absolute atomic E-state index is 11.1. The minimum atomic E-state index is -0.906. The highest BCUT2D eigenvalue weighted by Gasteiger charge is 2.06. The second kappa shape index (κ2) is 8.44. The van der Waals surface area contributed by atoms with E-state index in [-0.39, 0.29) is 0 Å². The third kappa shape index (κ3) is 9.76. The molecule has 0 aromatic rings. The maximum atomic E-state index is 11.1. The smallest absolute Gasteiger partial charge is 0.204 e. The fraction of sp³-hybridized carbons (Fsp3) is 1.00. The van der Waals surface area contributed by atoms with Gasteiger partial charge in [-0.15, -0.1) is 0 Å². The quantitative estimate of drug-likeness (QED) is 0.442. The van der Waals surface area contributed by atoms with Crippen molar-refractivity contribution in [1.29, 1.82) is 0 Å². The highest BCUT2D eigenvalue weighted by molar-refractivity contribution is 4.48. The van der Waals surface area contributed by atoms with E-state index in [9.17, 15) is 5.11 Å². The van der Waals surface area contributed by atoms with Crippen molar-refractivity contribution in [1.82, 2.24) is 10.2 Å². The van der Waals surface area contributed by atoms with E-state index in [0.717, 1.165) is 19.5 Å². The van der Waals surface area contributed by atoms with Crippen molar-refractivity contribution in [2.45, 2.75) is 19.6 Å². The van der Waals surface area contributed by atoms with E-state index >= 15 is 0 Å². The first-order valence-corrected chi connectivity index (χ1v) is 4.79. The van der Waals surface area contributed by atoms with E-state index in [2.05, 4.69) is 12.2 Å². The van der Waals surface area contributed by atoms with Gasteiger partial charge in [-0.05, 0) is 33.6 Å². The van der Waals surface area contributed by atoms with Crippen LogP contribution in [0.5, 0.6) is 0 Å². The lowest BCUT2D eigenvalue weighted by Gasteiger charge is -2.14. The molecule has 1 radical (unpaired) electrons. The Hall–Kier alpha value is -0.160. The van der Waals surface area contributed by atoms with Crippen LogP contribution in [0.1, 0.15) is 13.3 Å². The molecule has 0 fully saturated rings. The van der Waals surface area contributed by atoms with Crippen molar-refractivity contribution in [3.63, 3.8) is 0 Å². The van der Waals surface area contributed by atoms with Crippen molar-refractivity contribution in [3.8, 4) is 0 Å². The molecule has 4 heteroatoms. The predicted octanol–water partition coefficient (Wildman–Crippen LogP) is 0.321. The number of rotatable bonds is 8. The van der Waals surface area contributed by atoms with Gasteiger partial charge in [-0.1, -0.05) is 6.92 Å². The van der Waals surface area contributed by atoms with Gasteiger partial charge >= 0.3 is 0 Å². The van der Waals surface area contributed by atoms with Gasteiger partial charge in [0.25, 0.3) is 0 Å². The molecule has 79 valence electrons. The van der Waals surface area contributed by atoms with Crippen molar-refractivity contribution in [2.75, 3.05) is 40.3 Å². The van der Waals surface area contributed by atoms with Gasteiger partial charge in [-0.3, -0.25) is 0 Å². The minimum absolute atomic E-state index is 0.446. The summed E-state index contributed by atoms with van der Waals surface area (Å²) in [7, 11) is 3.74. The molecule has 0 saturated heterocycles. The SMILES string of the molecule is CCNCCCOC([O])CN(C)C. The summed E-state index contributed by atoms with van der Waals surface area (Å²) in [5.74, 6) is 0. The second-order valence-corrected chi connectivity index (χ2v) is 3.27. The number of hydrogen-bond acceptors (Lipinski definition) is 3. The Labute approximate surface area is 80.9 Å². The maximum Gasteiger partial charge on any atom is 0.204 e. The van der Waals surface area contributed by atoms with Crippen LogP contribution in [0.25, 0.3) is 0 Å². The van der Waals surface area contributed by atoms with Crippen LogP contribution in [-0.2, 0) is 9.84 Å². The first-order valence-electron chi connectivity index (χ1n) is 4.79. The molecule has 1 unspecified atom stereocenters. The summed E-state index contributed by atoms with van der Waals surface area (Å²) in [5.41, 5.74) is 0. The largest absolute Gasteiger partial charge is 0.349 e. The summed E-state index contributed by atoms with van der Waals surface area (Å²) < 4.78 is 5.06. The number of nitrogens with one attached hydrogen (secondary N) is 1. The molecule has 0 spiro atoms. The van der Waals surface area contributed by atoms with Crippen LogP contribution >= 0.6 is 0 Å². The Morgan fingerprint density at radius 2 is 2.15 bits per heavy atom. The Morgan fingerprint density at radius 1 is 1.46 bits per heavy atom. The number of likely N-dealkylation sites (N-methyl/N-ethyl adjacent to an activating group) is 1. The zero-order chi connectivity index (χ0) is 10.1. The third-order valence-corrected chi connectivity index (χ3v) is 1.57. The van der Waals surface area contributed by atoms with E-state index in [0.29, 0.717) is 13.2 Å². The number of hydrogen-bond donors (Lipinski definition) is 1. The summed E-state index contributed by atoms with van der Waals surface area (Å²) in [4.78, 5) is 1.84. The average molecular weight is 189 g/mol. The summed E-state index contributed by atoms with van der Waals surface area (Å²) >= 11 is 0. The molecule has 0 amide bonds. The van der Waals surface area contributed by atoms with E-state index in [4.69, 9.17) is 4.74 Å². The first kappa shape index (κ1) is 12.8. The molecule has 0 bridgehead atoms. The van der Waals surface area contributed by atoms with Crippen LogP contribution in [-0.4, -0.2) is 51.5 Å². The van der Waals surface area contributed by atoms with Crippen LogP contribution in [0, 0.1) is 0 Å². The molecule has 0 aromatic carbocycles. The third-order valence-electron chi connectivity index (χ3n) is 1.57. The molecule has 0 aliphatic heterocycles. The standard InChI is InChI=1S/C9H21N2O2/c1-4-10-6-5-7-13-9(12)8-11(2)3/h9-10H,4-8H2,1-3H3. The van der Waals surface area contributed by atoms with Gasteiger partial charge < -0.3 is 15.0 Å². The highest BCUT2D eigenvalue weighted by Crippen LogP contribution is 1.91. The molecule has 1 atom stereocenters. The summed E-state index contributed by atoms with van der Waals surface area (Å²) in [6.07, 6.45) is -0.00312. The lowest BCUT2D eigenvalue weighted by Crippen LogP contribution is -2.28. The van der Waals surface area contributed by atoms with Gasteiger partial charge in [-0.25, -0.2) is 5.11 Å². The monoisotopic (exact) mass is 189 g/mol. The lowest BCUT2D eigenvalue weighted by molar-refractivity contribution is -0.147. The van der Waals surface area contributed by atoms with E-state index in [1.54, 1.807) is 0 Å². The van der Waals surface area contributed by atoms with Crippen LogP contribution in [0.15, 0.2) is 0 Å². The molecule has 0 aromatic heterocycles. The number of nitrogens with zero attached hydrogens (tertiary/aromatic N) is 1. The summed E-state index contributed by atoms with van der Waals surface area (Å²) in [6.45, 7) is 4.95. The summed E-state index contributed by atoms with van der Waals surface area (Å²) in [6, 6.07) is 0. The average Bonchev–Trinajstić information content (AvgIpc) is 2.02. The fourth-order valence-electron chi connectivity index (χ4n) is 0.940. The van der Waals surface area contributed by atoms with Gasteiger partial charge in [0, 0.05) is 0 Å². The van der Waals surface area contributed by atoms with E-state index in [1.165, 1.54) is 0 Å². The van der Waals surface area contributed by atoms with Crippen LogP contribution in [0.4, 0.5) is 0 Å². The lowest BCUT2D eigenvalue weighted by atomic mass is 10.4. The van der Waals surface area contributed by atoms with Crippen LogP contribution in [0.2, 0.25) is 0 Å². The summed E-state index contributed by atoms with van der Waals surface area (Å²) in [5, 5.41) is 14.3. The first-order chi connectivity index (χ1) is 6.16. The number of ether oxygens (including phenoxy) is 1. The zero-order valence-electron chi connectivity index (χ0n) is 8.88. The fourth-order valence-corrected chi connectivity index (χ4v) is 0.940. The molecule has 13 heavy (non-hydrogen) atoms. The zero-order valence-corrected chi connectivity index (χ0v) is 8.88. The van der Waals surface area contributed by atoms with Gasteiger partial charge in [0.15, 0.2) is 0 Å². The van der Waals surface area contributed by atoms with Crippen molar-refractivity contribution >= 4 is 0 Å². The molecule has 1 N–H and O–H groups in total. The van der Waals surface area contributed by atoms with Crippen molar-refractivity contribution in [2.24, 2.45) is 0 Å². The van der Waals surface area contributed by atoms with Gasteiger partial charge in [-0.2, -0.15) is 0 Å². The molecule has 0 aliphatic rings. The van der Waals surface area contributed by atoms with Crippen LogP contribution in [0.3, 0.4) is 0 Å². The van der Waals surface area contributed by atoms with Crippen LogP contribution < -0.4 is 5.32 Å². The van der Waals surface area contributed by atoms with Crippen molar-refractivity contribution < 1.29 is 9.84 Å². The topological polar surface area (TPSA) is 44.4 Å². The van der Waals surface area contributed by atoms with Gasteiger partial charge in [0.1, 0.15) is 0 Å². The molecular formula is C9H21N2O2. The van der Waals surface area contributed by atoms with E-state index in [1.807, 2.05) is 19.0 Å². The normalized spacial score (nSPS) is 13.6. The van der Waals surface area contributed by atoms with Gasteiger partial charge in [0.2, 0.25) is 6.29 Å². The van der Waals surface area contributed by atoms with E-state index < -0.39 is 6.29 Å². The minimum Gasteiger partial charge on any atom is -0.349 e. The molecule has 0 rings (SSSR count). The Balaban J connectivity index is 3.12. The molecule has 0 aliphatic carbocycles. The highest BCUT2D eigenvalue weighted by atomic mass is 16.6. The molecule has 0 saturated carbocycles.